The average molecular weight is 189 g/mol. The molecule has 80 valence electrons. The molecule has 0 aliphatic rings. The van der Waals surface area contributed by atoms with E-state index in [-0.39, 0.29) is 0 Å². The second kappa shape index (κ2) is 9.96. The van der Waals surface area contributed by atoms with Crippen LogP contribution in [0.4, 0.5) is 0 Å². The maximum absolute atomic E-state index is 5.55. The van der Waals surface area contributed by atoms with Gasteiger partial charge in [-0.05, 0) is 26.3 Å². The van der Waals surface area contributed by atoms with Crippen molar-refractivity contribution in [2.45, 2.75) is 32.8 Å². The Morgan fingerprint density at radius 1 is 1.23 bits per heavy atom. The molecule has 0 aromatic carbocycles. The molecule has 13 heavy (non-hydrogen) atoms. The van der Waals surface area contributed by atoms with Crippen LogP contribution in [0, 0.1) is 0 Å². The van der Waals surface area contributed by atoms with E-state index in [2.05, 4.69) is 19.2 Å². The van der Waals surface area contributed by atoms with Gasteiger partial charge in [-0.15, -0.1) is 0 Å². The molecule has 0 fully saturated rings. The number of rotatable bonds is 9. The van der Waals surface area contributed by atoms with Crippen LogP contribution < -0.4 is 5.32 Å². The lowest BCUT2D eigenvalue weighted by Gasteiger charge is -2.12. The van der Waals surface area contributed by atoms with Crippen molar-refractivity contribution in [3.8, 4) is 0 Å². The van der Waals surface area contributed by atoms with Crippen LogP contribution in [-0.4, -0.2) is 39.5 Å². The third-order valence-electron chi connectivity index (χ3n) is 1.84. The van der Waals surface area contributed by atoms with E-state index in [1.54, 1.807) is 7.11 Å². The van der Waals surface area contributed by atoms with Gasteiger partial charge in [-0.25, -0.2) is 0 Å². The monoisotopic (exact) mass is 189 g/mol. The molecule has 0 heterocycles. The highest BCUT2D eigenvalue weighted by Gasteiger charge is 2.00. The minimum atomic E-state index is 0.309. The molecule has 0 saturated carbocycles. The fraction of sp³-hybridized carbons (Fsp3) is 1.00. The Labute approximate surface area is 81.8 Å². The molecule has 0 spiro atoms. The first-order valence-corrected chi connectivity index (χ1v) is 5.12. The summed E-state index contributed by atoms with van der Waals surface area (Å²) in [5.41, 5.74) is 0. The van der Waals surface area contributed by atoms with Gasteiger partial charge in [0.25, 0.3) is 0 Å². The van der Waals surface area contributed by atoms with Crippen molar-refractivity contribution in [3.05, 3.63) is 0 Å². The molecule has 1 N–H and O–H groups in total. The van der Waals surface area contributed by atoms with Gasteiger partial charge >= 0.3 is 0 Å². The normalized spacial score (nSPS) is 13.2. The predicted molar refractivity (Wildman–Crippen MR) is 55.1 cm³/mol. The van der Waals surface area contributed by atoms with Crippen molar-refractivity contribution < 1.29 is 9.47 Å². The Morgan fingerprint density at radius 3 is 2.62 bits per heavy atom. The Balaban J connectivity index is 3.03. The molecule has 0 aromatic rings. The Kier molecular flexibility index (Phi) is 9.87. The summed E-state index contributed by atoms with van der Waals surface area (Å²) in [6, 6.07) is 0. The van der Waals surface area contributed by atoms with Crippen LogP contribution in [0.3, 0.4) is 0 Å². The lowest BCUT2D eigenvalue weighted by atomic mass is 10.3. The van der Waals surface area contributed by atoms with Gasteiger partial charge in [-0.3, -0.25) is 0 Å². The third kappa shape index (κ3) is 9.80. The standard InChI is InChI=1S/C10H23NO2/c1-4-6-11-7-9-13-10(2)5-8-12-3/h10-11H,4-9H2,1-3H3. The summed E-state index contributed by atoms with van der Waals surface area (Å²) in [7, 11) is 1.72. The molecule has 0 aliphatic carbocycles. The summed E-state index contributed by atoms with van der Waals surface area (Å²) in [5, 5.41) is 3.29. The number of nitrogens with one attached hydrogen (secondary N) is 1. The number of methoxy groups -OCH3 is 1. The highest BCUT2D eigenvalue weighted by Crippen LogP contribution is 1.96. The van der Waals surface area contributed by atoms with E-state index in [1.165, 1.54) is 6.42 Å². The van der Waals surface area contributed by atoms with Crippen molar-refractivity contribution in [1.29, 1.82) is 0 Å². The maximum atomic E-state index is 5.55. The van der Waals surface area contributed by atoms with Crippen molar-refractivity contribution in [3.63, 3.8) is 0 Å². The summed E-state index contributed by atoms with van der Waals surface area (Å²) in [4.78, 5) is 0. The molecule has 1 unspecified atom stereocenters. The van der Waals surface area contributed by atoms with Crippen LogP contribution in [-0.2, 0) is 9.47 Å². The molecule has 3 heteroatoms. The zero-order valence-corrected chi connectivity index (χ0v) is 9.14. The van der Waals surface area contributed by atoms with Crippen molar-refractivity contribution in [2.24, 2.45) is 0 Å². The molecule has 0 saturated heterocycles. The highest BCUT2D eigenvalue weighted by molar-refractivity contribution is 4.50. The van der Waals surface area contributed by atoms with Crippen LogP contribution in [0.5, 0.6) is 0 Å². The van der Waals surface area contributed by atoms with Crippen molar-refractivity contribution in [2.75, 3.05) is 33.4 Å². The quantitative estimate of drug-likeness (QED) is 0.557. The minimum absolute atomic E-state index is 0.309. The molecular weight excluding hydrogens is 166 g/mol. The molecule has 3 nitrogen and oxygen atoms in total. The van der Waals surface area contributed by atoms with Crippen molar-refractivity contribution >= 4 is 0 Å². The summed E-state index contributed by atoms with van der Waals surface area (Å²) >= 11 is 0. The zero-order valence-electron chi connectivity index (χ0n) is 9.14. The fourth-order valence-electron chi connectivity index (χ4n) is 1.00. The largest absolute Gasteiger partial charge is 0.385 e. The van der Waals surface area contributed by atoms with Gasteiger partial charge in [0, 0.05) is 20.3 Å². The lowest BCUT2D eigenvalue weighted by molar-refractivity contribution is 0.0426. The van der Waals surface area contributed by atoms with E-state index in [0.29, 0.717) is 6.10 Å². The second-order valence-electron chi connectivity index (χ2n) is 3.21. The van der Waals surface area contributed by atoms with Crippen LogP contribution >= 0.6 is 0 Å². The van der Waals surface area contributed by atoms with E-state index in [0.717, 1.165) is 32.7 Å². The highest BCUT2D eigenvalue weighted by atomic mass is 16.5. The van der Waals surface area contributed by atoms with Crippen LogP contribution in [0.1, 0.15) is 26.7 Å². The number of ether oxygens (including phenoxy) is 2. The number of hydrogen-bond acceptors (Lipinski definition) is 3. The van der Waals surface area contributed by atoms with Gasteiger partial charge in [-0.1, -0.05) is 6.92 Å². The van der Waals surface area contributed by atoms with E-state index >= 15 is 0 Å². The van der Waals surface area contributed by atoms with E-state index in [4.69, 9.17) is 9.47 Å². The molecule has 0 aliphatic heterocycles. The number of hydrogen-bond donors (Lipinski definition) is 1. The fourth-order valence-corrected chi connectivity index (χ4v) is 1.00. The summed E-state index contributed by atoms with van der Waals surface area (Å²) in [6.45, 7) is 7.85. The first kappa shape index (κ1) is 12.9. The molecule has 0 amide bonds. The van der Waals surface area contributed by atoms with Crippen LogP contribution in [0.25, 0.3) is 0 Å². The lowest BCUT2D eigenvalue weighted by Crippen LogP contribution is -2.23. The van der Waals surface area contributed by atoms with Crippen molar-refractivity contribution in [1.82, 2.24) is 5.32 Å². The van der Waals surface area contributed by atoms with E-state index in [9.17, 15) is 0 Å². The SMILES string of the molecule is CCCNCCOC(C)CCOC. The summed E-state index contributed by atoms with van der Waals surface area (Å²) in [6.07, 6.45) is 2.46. The van der Waals surface area contributed by atoms with Gasteiger partial charge < -0.3 is 14.8 Å². The van der Waals surface area contributed by atoms with Crippen LogP contribution in [0.15, 0.2) is 0 Å². The van der Waals surface area contributed by atoms with E-state index < -0.39 is 0 Å². The Morgan fingerprint density at radius 2 is 2.00 bits per heavy atom. The van der Waals surface area contributed by atoms with Crippen LogP contribution in [0.2, 0.25) is 0 Å². The van der Waals surface area contributed by atoms with Gasteiger partial charge in [0.1, 0.15) is 0 Å². The molecule has 0 aromatic heterocycles. The molecule has 0 rings (SSSR count). The topological polar surface area (TPSA) is 30.5 Å². The maximum Gasteiger partial charge on any atom is 0.0594 e. The first-order chi connectivity index (χ1) is 6.31. The Bertz CT molecular complexity index is 98.9. The average Bonchev–Trinajstić information content (AvgIpc) is 2.14. The molecule has 0 radical (unpaired) electrons. The van der Waals surface area contributed by atoms with E-state index in [1.807, 2.05) is 0 Å². The predicted octanol–water partition coefficient (Wildman–Crippen LogP) is 1.43. The van der Waals surface area contributed by atoms with Gasteiger partial charge in [-0.2, -0.15) is 0 Å². The molecule has 1 atom stereocenters. The zero-order chi connectivity index (χ0) is 9.94. The summed E-state index contributed by atoms with van der Waals surface area (Å²) in [5.74, 6) is 0. The third-order valence-corrected chi connectivity index (χ3v) is 1.84. The minimum Gasteiger partial charge on any atom is -0.385 e. The molecule has 0 bridgehead atoms. The van der Waals surface area contributed by atoms with Gasteiger partial charge in [0.05, 0.1) is 12.7 Å². The Hall–Kier alpha value is -0.120. The second-order valence-corrected chi connectivity index (χ2v) is 3.21. The van der Waals surface area contributed by atoms with Gasteiger partial charge in [0.2, 0.25) is 0 Å². The molecular formula is C10H23NO2. The smallest absolute Gasteiger partial charge is 0.0594 e. The van der Waals surface area contributed by atoms with Gasteiger partial charge in [0.15, 0.2) is 0 Å². The first-order valence-electron chi connectivity index (χ1n) is 5.12. The summed E-state index contributed by atoms with van der Waals surface area (Å²) < 4.78 is 10.5.